The lowest BCUT2D eigenvalue weighted by Gasteiger charge is -2.29. The van der Waals surface area contributed by atoms with Crippen molar-refractivity contribution in [2.75, 3.05) is 13.7 Å². The highest BCUT2D eigenvalue weighted by Crippen LogP contribution is 2.27. The first kappa shape index (κ1) is 26.0. The van der Waals surface area contributed by atoms with Gasteiger partial charge in [-0.2, -0.15) is 0 Å². The zero-order valence-corrected chi connectivity index (χ0v) is 20.7. The highest BCUT2D eigenvalue weighted by molar-refractivity contribution is 6.30. The van der Waals surface area contributed by atoms with Gasteiger partial charge in [-0.05, 0) is 41.3 Å². The molecule has 0 fully saturated rings. The smallest absolute Gasteiger partial charge is 0.329 e. The molecule has 0 radical (unpaired) electrons. The summed E-state index contributed by atoms with van der Waals surface area (Å²) in [6.07, 6.45) is 0. The van der Waals surface area contributed by atoms with E-state index in [0.717, 1.165) is 11.1 Å². The Hall–Kier alpha value is -3.64. The van der Waals surface area contributed by atoms with Crippen LogP contribution in [0.25, 0.3) is 0 Å². The van der Waals surface area contributed by atoms with Crippen molar-refractivity contribution in [2.45, 2.75) is 25.9 Å². The van der Waals surface area contributed by atoms with Crippen molar-refractivity contribution in [2.24, 2.45) is 5.92 Å². The Morgan fingerprint density at radius 1 is 0.857 bits per heavy atom. The molecular weight excluding hydrogens is 464 g/mol. The molecule has 0 saturated heterocycles. The Labute approximate surface area is 210 Å². The molecule has 1 N–H and O–H groups in total. The average Bonchev–Trinajstić information content (AvgIpc) is 2.87. The van der Waals surface area contributed by atoms with Crippen LogP contribution < -0.4 is 5.32 Å². The SMILES string of the molecule is CC(C)[C@@H](NC(=O)c1ccc(Cl)cc1)C(=O)OCC(=O)N(C)C(c1ccccc1)c1ccccc1. The van der Waals surface area contributed by atoms with Gasteiger partial charge in [-0.15, -0.1) is 0 Å². The first-order valence-electron chi connectivity index (χ1n) is 11.4. The van der Waals surface area contributed by atoms with Gasteiger partial charge in [0.1, 0.15) is 6.04 Å². The fourth-order valence-electron chi connectivity index (χ4n) is 3.70. The maximum atomic E-state index is 13.1. The Morgan fingerprint density at radius 2 is 1.37 bits per heavy atom. The van der Waals surface area contributed by atoms with Gasteiger partial charge in [0.05, 0.1) is 6.04 Å². The van der Waals surface area contributed by atoms with Crippen molar-refractivity contribution >= 4 is 29.4 Å². The topological polar surface area (TPSA) is 75.7 Å². The van der Waals surface area contributed by atoms with Gasteiger partial charge in [-0.3, -0.25) is 9.59 Å². The van der Waals surface area contributed by atoms with E-state index in [1.165, 1.54) is 0 Å². The van der Waals surface area contributed by atoms with E-state index in [9.17, 15) is 14.4 Å². The van der Waals surface area contributed by atoms with Crippen LogP contribution >= 0.6 is 11.6 Å². The van der Waals surface area contributed by atoms with Crippen LogP contribution in [0.2, 0.25) is 5.02 Å². The quantitative estimate of drug-likeness (QED) is 0.432. The van der Waals surface area contributed by atoms with Gasteiger partial charge in [0, 0.05) is 17.6 Å². The van der Waals surface area contributed by atoms with Gasteiger partial charge in [0.15, 0.2) is 6.61 Å². The summed E-state index contributed by atoms with van der Waals surface area (Å²) in [6.45, 7) is 3.15. The number of hydrogen-bond donors (Lipinski definition) is 1. The van der Waals surface area contributed by atoms with Crippen LogP contribution in [0, 0.1) is 5.92 Å². The number of nitrogens with one attached hydrogen (secondary N) is 1. The molecule has 0 aliphatic heterocycles. The van der Waals surface area contributed by atoms with Crippen LogP contribution in [-0.2, 0) is 14.3 Å². The number of hydrogen-bond acceptors (Lipinski definition) is 4. The fraction of sp³-hybridized carbons (Fsp3) is 0.250. The third kappa shape index (κ3) is 6.93. The van der Waals surface area contributed by atoms with E-state index in [1.54, 1.807) is 50.1 Å². The molecule has 1 atom stereocenters. The molecule has 0 bridgehead atoms. The van der Waals surface area contributed by atoms with Gasteiger partial charge < -0.3 is 15.0 Å². The number of halogens is 1. The largest absolute Gasteiger partial charge is 0.454 e. The molecule has 0 aliphatic carbocycles. The molecule has 182 valence electrons. The minimum atomic E-state index is -0.907. The maximum Gasteiger partial charge on any atom is 0.329 e. The molecule has 7 heteroatoms. The van der Waals surface area contributed by atoms with Crippen LogP contribution in [0.3, 0.4) is 0 Å². The lowest BCUT2D eigenvalue weighted by atomic mass is 9.97. The molecule has 3 aromatic rings. The van der Waals surface area contributed by atoms with E-state index < -0.39 is 24.5 Å². The van der Waals surface area contributed by atoms with Crippen molar-refractivity contribution in [3.63, 3.8) is 0 Å². The molecule has 0 aliphatic rings. The van der Waals surface area contributed by atoms with Crippen LogP contribution in [0.1, 0.15) is 41.4 Å². The predicted octanol–water partition coefficient (Wildman–Crippen LogP) is 4.89. The molecule has 0 spiro atoms. The summed E-state index contributed by atoms with van der Waals surface area (Å²) < 4.78 is 5.36. The molecule has 2 amide bonds. The molecule has 3 rings (SSSR count). The number of esters is 1. The van der Waals surface area contributed by atoms with Gasteiger partial charge in [-0.25, -0.2) is 4.79 Å². The van der Waals surface area contributed by atoms with E-state index in [2.05, 4.69) is 5.32 Å². The van der Waals surface area contributed by atoms with Crippen molar-refractivity contribution in [3.8, 4) is 0 Å². The summed E-state index contributed by atoms with van der Waals surface area (Å²) in [7, 11) is 1.68. The maximum absolute atomic E-state index is 13.1. The van der Waals surface area contributed by atoms with Gasteiger partial charge in [0.25, 0.3) is 11.8 Å². The summed E-state index contributed by atoms with van der Waals surface area (Å²) in [4.78, 5) is 40.0. The third-order valence-electron chi connectivity index (χ3n) is 5.66. The van der Waals surface area contributed by atoms with Crippen LogP contribution in [-0.4, -0.2) is 42.4 Å². The Bertz CT molecular complexity index is 1100. The number of carbonyl (C=O) groups excluding carboxylic acids is 3. The molecular formula is C28H29ClN2O4. The molecule has 35 heavy (non-hydrogen) atoms. The lowest BCUT2D eigenvalue weighted by molar-refractivity contribution is -0.154. The Balaban J connectivity index is 1.68. The number of amides is 2. The summed E-state index contributed by atoms with van der Waals surface area (Å²) in [5, 5.41) is 3.21. The molecule has 0 unspecified atom stereocenters. The molecule has 3 aromatic carbocycles. The van der Waals surface area contributed by atoms with Crippen molar-refractivity contribution < 1.29 is 19.1 Å². The number of rotatable bonds is 9. The summed E-state index contributed by atoms with van der Waals surface area (Å²) >= 11 is 5.88. The standard InChI is InChI=1S/C28H29ClN2O4/c1-19(2)25(30-27(33)22-14-16-23(29)17-15-22)28(34)35-18-24(32)31(3)26(20-10-6-4-7-11-20)21-12-8-5-9-13-21/h4-17,19,25-26H,18H2,1-3H3,(H,30,33)/t25-/m1/s1. The van der Waals surface area contributed by atoms with Crippen LogP contribution in [0.4, 0.5) is 0 Å². The van der Waals surface area contributed by atoms with Crippen molar-refractivity contribution in [3.05, 3.63) is 107 Å². The fourth-order valence-corrected chi connectivity index (χ4v) is 3.83. The van der Waals surface area contributed by atoms with Gasteiger partial charge >= 0.3 is 5.97 Å². The Morgan fingerprint density at radius 3 is 1.86 bits per heavy atom. The summed E-state index contributed by atoms with van der Waals surface area (Å²) in [5.74, 6) is -1.69. The van der Waals surface area contributed by atoms with E-state index in [1.807, 2.05) is 60.7 Å². The minimum Gasteiger partial charge on any atom is -0.454 e. The normalized spacial score (nSPS) is 11.7. The van der Waals surface area contributed by atoms with E-state index in [4.69, 9.17) is 16.3 Å². The van der Waals surface area contributed by atoms with Crippen LogP contribution in [0.15, 0.2) is 84.9 Å². The summed E-state index contributed by atoms with van der Waals surface area (Å²) in [5.41, 5.74) is 2.25. The molecule has 0 saturated carbocycles. The first-order chi connectivity index (χ1) is 16.8. The van der Waals surface area contributed by atoms with E-state index >= 15 is 0 Å². The monoisotopic (exact) mass is 492 g/mol. The first-order valence-corrected chi connectivity index (χ1v) is 11.7. The predicted molar refractivity (Wildman–Crippen MR) is 136 cm³/mol. The molecule has 6 nitrogen and oxygen atoms in total. The second-order valence-corrected chi connectivity index (χ2v) is 8.97. The molecule has 0 heterocycles. The second-order valence-electron chi connectivity index (χ2n) is 8.54. The van der Waals surface area contributed by atoms with Crippen molar-refractivity contribution in [1.29, 1.82) is 0 Å². The zero-order chi connectivity index (χ0) is 25.4. The van der Waals surface area contributed by atoms with Gasteiger partial charge in [0.2, 0.25) is 0 Å². The van der Waals surface area contributed by atoms with E-state index in [-0.39, 0.29) is 17.9 Å². The second kappa shape index (κ2) is 12.2. The number of likely N-dealkylation sites (N-methyl/N-ethyl adjacent to an activating group) is 1. The average molecular weight is 493 g/mol. The zero-order valence-electron chi connectivity index (χ0n) is 20.0. The highest BCUT2D eigenvalue weighted by atomic mass is 35.5. The van der Waals surface area contributed by atoms with Crippen LogP contribution in [0.5, 0.6) is 0 Å². The number of benzene rings is 3. The summed E-state index contributed by atoms with van der Waals surface area (Å²) in [6, 6.07) is 24.4. The van der Waals surface area contributed by atoms with Gasteiger partial charge in [-0.1, -0.05) is 86.1 Å². The molecule has 0 aromatic heterocycles. The third-order valence-corrected chi connectivity index (χ3v) is 5.91. The number of carbonyl (C=O) groups is 3. The lowest BCUT2D eigenvalue weighted by Crippen LogP contribution is -2.46. The number of ether oxygens (including phenoxy) is 1. The Kier molecular flexibility index (Phi) is 9.04. The number of nitrogens with zero attached hydrogens (tertiary/aromatic N) is 1. The highest BCUT2D eigenvalue weighted by Gasteiger charge is 2.29. The van der Waals surface area contributed by atoms with Crippen molar-refractivity contribution in [1.82, 2.24) is 10.2 Å². The van der Waals surface area contributed by atoms with E-state index in [0.29, 0.717) is 10.6 Å². The minimum absolute atomic E-state index is 0.243.